The smallest absolute Gasteiger partial charge is 0.165 e. The minimum Gasteiger partial charge on any atom is -0.494 e. The first-order chi connectivity index (χ1) is 9.51. The number of hydrogen-bond donors (Lipinski definition) is 1. The highest BCUT2D eigenvalue weighted by molar-refractivity contribution is 9.10. The third-order valence-corrected chi connectivity index (χ3v) is 3.75. The molecule has 2 N–H and O–H groups in total. The predicted octanol–water partition coefficient (Wildman–Crippen LogP) is 3.98. The van der Waals surface area contributed by atoms with Gasteiger partial charge < -0.3 is 10.5 Å². The van der Waals surface area contributed by atoms with Crippen LogP contribution < -0.4 is 10.5 Å². The minimum absolute atomic E-state index is 0.189. The van der Waals surface area contributed by atoms with Crippen molar-refractivity contribution in [3.8, 4) is 5.75 Å². The Labute approximate surface area is 124 Å². The van der Waals surface area contributed by atoms with Gasteiger partial charge in [0.15, 0.2) is 11.6 Å². The minimum atomic E-state index is -0.435. The molecule has 0 radical (unpaired) electrons. The maximum atomic E-state index is 13.6. The van der Waals surface area contributed by atoms with E-state index in [1.807, 2.05) is 0 Å². The number of methoxy groups -OCH3 is 1. The van der Waals surface area contributed by atoms with E-state index in [0.717, 1.165) is 10.0 Å². The molecule has 0 heterocycles. The molecule has 2 rings (SSSR count). The molecule has 0 aromatic heterocycles. The van der Waals surface area contributed by atoms with E-state index in [1.54, 1.807) is 18.2 Å². The van der Waals surface area contributed by atoms with Crippen LogP contribution >= 0.6 is 15.9 Å². The van der Waals surface area contributed by atoms with Crippen molar-refractivity contribution < 1.29 is 13.5 Å². The number of halogens is 3. The molecule has 0 aliphatic rings. The quantitative estimate of drug-likeness (QED) is 0.912. The fraction of sp³-hybridized carbons (Fsp3) is 0.200. The number of benzene rings is 2. The molecule has 1 unspecified atom stereocenters. The lowest BCUT2D eigenvalue weighted by Gasteiger charge is -2.14. The normalized spacial score (nSPS) is 12.2. The summed E-state index contributed by atoms with van der Waals surface area (Å²) in [5.74, 6) is -0.593. The first-order valence-corrected chi connectivity index (χ1v) is 6.83. The molecule has 20 heavy (non-hydrogen) atoms. The molecule has 1 atom stereocenters. The van der Waals surface area contributed by atoms with Gasteiger partial charge in [-0.05, 0) is 47.9 Å². The Balaban J connectivity index is 2.21. The third-order valence-electron chi connectivity index (χ3n) is 3.03. The van der Waals surface area contributed by atoms with E-state index < -0.39 is 11.9 Å². The molecular formula is C15H14BrF2NO. The Kier molecular flexibility index (Phi) is 4.73. The van der Waals surface area contributed by atoms with Gasteiger partial charge in [-0.3, -0.25) is 0 Å². The molecule has 0 saturated carbocycles. The van der Waals surface area contributed by atoms with E-state index in [-0.39, 0.29) is 11.6 Å². The van der Waals surface area contributed by atoms with Gasteiger partial charge in [-0.2, -0.15) is 0 Å². The van der Waals surface area contributed by atoms with Gasteiger partial charge >= 0.3 is 0 Å². The standard InChI is InChI=1S/C15H14BrF2NO/c1-20-15-5-2-9(6-13(15)18)7-14(19)11-8-10(17)3-4-12(11)16/h2-6,8,14H,7,19H2,1H3. The molecule has 0 fully saturated rings. The molecule has 0 spiro atoms. The summed E-state index contributed by atoms with van der Waals surface area (Å²) in [5, 5.41) is 0. The van der Waals surface area contributed by atoms with Crippen LogP contribution in [-0.4, -0.2) is 7.11 Å². The zero-order valence-electron chi connectivity index (χ0n) is 10.9. The van der Waals surface area contributed by atoms with E-state index >= 15 is 0 Å². The maximum absolute atomic E-state index is 13.6. The van der Waals surface area contributed by atoms with Crippen LogP contribution in [0, 0.1) is 11.6 Å². The zero-order valence-corrected chi connectivity index (χ0v) is 12.5. The van der Waals surface area contributed by atoms with Crippen LogP contribution in [0.5, 0.6) is 5.75 Å². The first kappa shape index (κ1) is 14.9. The summed E-state index contributed by atoms with van der Waals surface area (Å²) in [6.07, 6.45) is 0.406. The van der Waals surface area contributed by atoms with E-state index in [0.29, 0.717) is 12.0 Å². The fourth-order valence-electron chi connectivity index (χ4n) is 2.00. The summed E-state index contributed by atoms with van der Waals surface area (Å²) in [6, 6.07) is 8.60. The van der Waals surface area contributed by atoms with Crippen LogP contribution in [0.15, 0.2) is 40.9 Å². The molecule has 0 saturated heterocycles. The second-order valence-electron chi connectivity index (χ2n) is 4.45. The Morgan fingerprint density at radius 2 is 1.95 bits per heavy atom. The predicted molar refractivity (Wildman–Crippen MR) is 77.7 cm³/mol. The van der Waals surface area contributed by atoms with E-state index in [1.165, 1.54) is 25.3 Å². The molecular weight excluding hydrogens is 328 g/mol. The van der Waals surface area contributed by atoms with Crippen molar-refractivity contribution in [2.24, 2.45) is 5.73 Å². The van der Waals surface area contributed by atoms with Crippen LogP contribution in [-0.2, 0) is 6.42 Å². The van der Waals surface area contributed by atoms with Crippen molar-refractivity contribution >= 4 is 15.9 Å². The summed E-state index contributed by atoms with van der Waals surface area (Å²) in [5.41, 5.74) is 7.45. The Morgan fingerprint density at radius 1 is 1.20 bits per heavy atom. The lowest BCUT2D eigenvalue weighted by atomic mass is 9.99. The zero-order chi connectivity index (χ0) is 14.7. The summed E-state index contributed by atoms with van der Waals surface area (Å²) in [4.78, 5) is 0. The molecule has 0 aliphatic heterocycles. The highest BCUT2D eigenvalue weighted by Crippen LogP contribution is 2.26. The average molecular weight is 342 g/mol. The molecule has 0 aliphatic carbocycles. The van der Waals surface area contributed by atoms with Crippen molar-refractivity contribution in [3.05, 3.63) is 63.6 Å². The van der Waals surface area contributed by atoms with Crippen molar-refractivity contribution in [2.45, 2.75) is 12.5 Å². The van der Waals surface area contributed by atoms with Crippen molar-refractivity contribution in [3.63, 3.8) is 0 Å². The van der Waals surface area contributed by atoms with Crippen molar-refractivity contribution in [1.82, 2.24) is 0 Å². The topological polar surface area (TPSA) is 35.2 Å². The van der Waals surface area contributed by atoms with Gasteiger partial charge in [-0.15, -0.1) is 0 Å². The number of rotatable bonds is 4. The highest BCUT2D eigenvalue weighted by Gasteiger charge is 2.13. The van der Waals surface area contributed by atoms with Crippen LogP contribution in [0.4, 0.5) is 8.78 Å². The third kappa shape index (κ3) is 3.35. The summed E-state index contributed by atoms with van der Waals surface area (Å²) >= 11 is 3.34. The summed E-state index contributed by atoms with van der Waals surface area (Å²) in [6.45, 7) is 0. The van der Waals surface area contributed by atoms with Crippen LogP contribution in [0.25, 0.3) is 0 Å². The van der Waals surface area contributed by atoms with Gasteiger partial charge in [-0.1, -0.05) is 22.0 Å². The van der Waals surface area contributed by atoms with Gasteiger partial charge in [0, 0.05) is 10.5 Å². The Bertz CT molecular complexity index is 619. The van der Waals surface area contributed by atoms with Crippen LogP contribution in [0.1, 0.15) is 17.2 Å². The largest absolute Gasteiger partial charge is 0.494 e. The van der Waals surface area contributed by atoms with Gasteiger partial charge in [-0.25, -0.2) is 8.78 Å². The monoisotopic (exact) mass is 341 g/mol. The highest BCUT2D eigenvalue weighted by atomic mass is 79.9. The number of ether oxygens (including phenoxy) is 1. The molecule has 2 aromatic rings. The Hall–Kier alpha value is -1.46. The van der Waals surface area contributed by atoms with Crippen LogP contribution in [0.3, 0.4) is 0 Å². The SMILES string of the molecule is COc1ccc(CC(N)c2cc(F)ccc2Br)cc1F. The molecule has 2 aromatic carbocycles. The molecule has 0 bridgehead atoms. The van der Waals surface area contributed by atoms with Gasteiger partial charge in [0.2, 0.25) is 0 Å². The lowest BCUT2D eigenvalue weighted by Crippen LogP contribution is -2.14. The van der Waals surface area contributed by atoms with E-state index in [2.05, 4.69) is 15.9 Å². The van der Waals surface area contributed by atoms with Gasteiger partial charge in [0.1, 0.15) is 5.82 Å². The van der Waals surface area contributed by atoms with Gasteiger partial charge in [0.05, 0.1) is 7.11 Å². The van der Waals surface area contributed by atoms with Crippen LogP contribution in [0.2, 0.25) is 0 Å². The van der Waals surface area contributed by atoms with E-state index in [9.17, 15) is 8.78 Å². The van der Waals surface area contributed by atoms with E-state index in [4.69, 9.17) is 10.5 Å². The van der Waals surface area contributed by atoms with Crippen molar-refractivity contribution in [1.29, 1.82) is 0 Å². The molecule has 5 heteroatoms. The molecule has 2 nitrogen and oxygen atoms in total. The number of nitrogens with two attached hydrogens (primary N) is 1. The average Bonchev–Trinajstić information content (AvgIpc) is 2.41. The van der Waals surface area contributed by atoms with Crippen molar-refractivity contribution in [2.75, 3.05) is 7.11 Å². The fourth-order valence-corrected chi connectivity index (χ4v) is 2.54. The van der Waals surface area contributed by atoms with Gasteiger partial charge in [0.25, 0.3) is 0 Å². The summed E-state index contributed by atoms with van der Waals surface area (Å²) < 4.78 is 32.5. The first-order valence-electron chi connectivity index (χ1n) is 6.04. The maximum Gasteiger partial charge on any atom is 0.165 e. The molecule has 0 amide bonds. The second-order valence-corrected chi connectivity index (χ2v) is 5.30. The lowest BCUT2D eigenvalue weighted by molar-refractivity contribution is 0.386. The summed E-state index contributed by atoms with van der Waals surface area (Å²) in [7, 11) is 1.41. The second kappa shape index (κ2) is 6.33. The Morgan fingerprint density at radius 3 is 2.60 bits per heavy atom. The number of hydrogen-bond acceptors (Lipinski definition) is 2. The molecule has 106 valence electrons.